The Bertz CT molecular complexity index is 826. The summed E-state index contributed by atoms with van der Waals surface area (Å²) in [6.45, 7) is 2.05. The van der Waals surface area contributed by atoms with Gasteiger partial charge < -0.3 is 10.2 Å². The molecule has 0 saturated carbocycles. The molecule has 6 heteroatoms. The van der Waals surface area contributed by atoms with E-state index in [4.69, 9.17) is 0 Å². The fourth-order valence-corrected chi connectivity index (χ4v) is 3.50. The molecule has 1 aliphatic heterocycles. The standard InChI is InChI=1S/C20H22N4OS/c1-14-4-6-15(7-5-14)12-18-19(25)22-20(26-18)23-21-13-16-8-10-17(11-9-16)24(2)3/h4-11,13,18H,12H2,1-3H3,(H,22,23,25). The minimum atomic E-state index is -0.161. The van der Waals surface area contributed by atoms with Gasteiger partial charge in [0.05, 0.1) is 11.5 Å². The first-order valence-electron chi connectivity index (χ1n) is 8.43. The molecule has 0 spiro atoms. The zero-order valence-corrected chi connectivity index (χ0v) is 16.0. The third-order valence-electron chi connectivity index (χ3n) is 4.08. The van der Waals surface area contributed by atoms with Crippen molar-refractivity contribution < 1.29 is 4.79 Å². The lowest BCUT2D eigenvalue weighted by Crippen LogP contribution is -2.25. The molecule has 1 heterocycles. The van der Waals surface area contributed by atoms with E-state index >= 15 is 0 Å². The number of carbonyl (C=O) groups is 1. The summed E-state index contributed by atoms with van der Waals surface area (Å²) < 4.78 is 0. The van der Waals surface area contributed by atoms with Crippen molar-refractivity contribution in [3.63, 3.8) is 0 Å². The Labute approximate surface area is 158 Å². The number of anilines is 1. The van der Waals surface area contributed by atoms with Gasteiger partial charge >= 0.3 is 0 Å². The van der Waals surface area contributed by atoms with E-state index in [9.17, 15) is 4.79 Å². The zero-order chi connectivity index (χ0) is 18.5. The molecule has 1 saturated heterocycles. The number of thioether (sulfide) groups is 1. The molecule has 0 bridgehead atoms. The molecule has 0 radical (unpaired) electrons. The van der Waals surface area contributed by atoms with Crippen LogP contribution in [-0.2, 0) is 11.2 Å². The lowest BCUT2D eigenvalue weighted by Gasteiger charge is -2.11. The van der Waals surface area contributed by atoms with Crippen LogP contribution < -0.4 is 10.2 Å². The first-order chi connectivity index (χ1) is 12.5. The van der Waals surface area contributed by atoms with E-state index in [1.165, 1.54) is 17.3 Å². The molecule has 0 aliphatic carbocycles. The third kappa shape index (κ3) is 4.73. The smallest absolute Gasteiger partial charge is 0.239 e. The van der Waals surface area contributed by atoms with Crippen LogP contribution in [0.5, 0.6) is 0 Å². The van der Waals surface area contributed by atoms with Crippen LogP contribution in [-0.4, -0.2) is 36.6 Å². The summed E-state index contributed by atoms with van der Waals surface area (Å²) in [5, 5.41) is 11.4. The van der Waals surface area contributed by atoms with Gasteiger partial charge in [0.2, 0.25) is 5.91 Å². The summed E-state index contributed by atoms with van der Waals surface area (Å²) in [5.74, 6) is -0.0140. The molecular formula is C20H22N4OS. The number of amidine groups is 1. The van der Waals surface area contributed by atoms with Crippen LogP contribution >= 0.6 is 11.8 Å². The molecule has 0 aromatic heterocycles. The number of aryl methyl sites for hydroxylation is 1. The second-order valence-electron chi connectivity index (χ2n) is 6.42. The van der Waals surface area contributed by atoms with Gasteiger partial charge in [0, 0.05) is 19.8 Å². The molecule has 1 fully saturated rings. The number of nitrogens with one attached hydrogen (secondary N) is 1. The van der Waals surface area contributed by atoms with Gasteiger partial charge in [-0.1, -0.05) is 53.7 Å². The number of nitrogens with zero attached hydrogens (tertiary/aromatic N) is 3. The Morgan fingerprint density at radius 3 is 2.46 bits per heavy atom. The molecule has 2 aromatic carbocycles. The Morgan fingerprint density at radius 1 is 1.12 bits per heavy atom. The van der Waals surface area contributed by atoms with Crippen LogP contribution in [0.1, 0.15) is 16.7 Å². The predicted molar refractivity (Wildman–Crippen MR) is 110 cm³/mol. The quantitative estimate of drug-likeness (QED) is 0.653. The molecule has 1 amide bonds. The third-order valence-corrected chi connectivity index (χ3v) is 5.16. The van der Waals surface area contributed by atoms with Gasteiger partial charge in [-0.15, -0.1) is 5.10 Å². The molecule has 1 atom stereocenters. The summed E-state index contributed by atoms with van der Waals surface area (Å²) in [7, 11) is 4.00. The van der Waals surface area contributed by atoms with Crippen LogP contribution in [0.2, 0.25) is 0 Å². The van der Waals surface area contributed by atoms with Gasteiger partial charge in [-0.05, 0) is 36.6 Å². The maximum atomic E-state index is 12.1. The van der Waals surface area contributed by atoms with Crippen molar-refractivity contribution in [3.8, 4) is 0 Å². The van der Waals surface area contributed by atoms with Gasteiger partial charge in [-0.25, -0.2) is 0 Å². The number of hydrogen-bond donors (Lipinski definition) is 1. The molecule has 1 aliphatic rings. The maximum Gasteiger partial charge on any atom is 0.239 e. The van der Waals surface area contributed by atoms with Crippen LogP contribution in [0.25, 0.3) is 0 Å². The molecule has 2 aromatic rings. The number of amides is 1. The minimum Gasteiger partial charge on any atom is -0.378 e. The Kier molecular flexibility index (Phi) is 5.73. The fraction of sp³-hybridized carbons (Fsp3) is 0.250. The lowest BCUT2D eigenvalue weighted by molar-refractivity contribution is -0.118. The topological polar surface area (TPSA) is 57.1 Å². The summed E-state index contributed by atoms with van der Waals surface area (Å²) in [6, 6.07) is 16.3. The van der Waals surface area contributed by atoms with E-state index in [1.54, 1.807) is 6.21 Å². The van der Waals surface area contributed by atoms with E-state index in [0.29, 0.717) is 11.6 Å². The van der Waals surface area contributed by atoms with Crippen molar-refractivity contribution in [2.45, 2.75) is 18.6 Å². The first-order valence-corrected chi connectivity index (χ1v) is 9.31. The Morgan fingerprint density at radius 2 is 1.81 bits per heavy atom. The summed E-state index contributed by atoms with van der Waals surface area (Å²) in [5.41, 5.74) is 4.46. The summed E-state index contributed by atoms with van der Waals surface area (Å²) in [4.78, 5) is 14.2. The van der Waals surface area contributed by atoms with Gasteiger partial charge in [-0.2, -0.15) is 5.10 Å². The molecular weight excluding hydrogens is 344 g/mol. The van der Waals surface area contributed by atoms with Crippen LogP contribution in [0.15, 0.2) is 58.7 Å². The van der Waals surface area contributed by atoms with Gasteiger partial charge in [-0.3, -0.25) is 4.79 Å². The van der Waals surface area contributed by atoms with Crippen LogP contribution in [0, 0.1) is 6.92 Å². The van der Waals surface area contributed by atoms with Crippen molar-refractivity contribution >= 4 is 34.7 Å². The molecule has 26 heavy (non-hydrogen) atoms. The molecule has 3 rings (SSSR count). The second kappa shape index (κ2) is 8.19. The number of hydrogen-bond acceptors (Lipinski definition) is 5. The van der Waals surface area contributed by atoms with E-state index in [-0.39, 0.29) is 11.2 Å². The number of benzene rings is 2. The molecule has 5 nitrogen and oxygen atoms in total. The highest BCUT2D eigenvalue weighted by atomic mass is 32.2. The zero-order valence-electron chi connectivity index (χ0n) is 15.1. The van der Waals surface area contributed by atoms with E-state index in [1.807, 2.05) is 43.3 Å². The van der Waals surface area contributed by atoms with E-state index in [2.05, 4.69) is 46.7 Å². The Balaban J connectivity index is 1.59. The Hall–Kier alpha value is -2.60. The van der Waals surface area contributed by atoms with Crippen molar-refractivity contribution in [3.05, 3.63) is 65.2 Å². The summed E-state index contributed by atoms with van der Waals surface area (Å²) in [6.07, 6.45) is 2.37. The first kappa shape index (κ1) is 18.2. The van der Waals surface area contributed by atoms with Crippen molar-refractivity contribution in [1.82, 2.24) is 5.32 Å². The molecule has 134 valence electrons. The second-order valence-corrected chi connectivity index (χ2v) is 7.61. The number of rotatable bonds is 5. The lowest BCUT2D eigenvalue weighted by atomic mass is 10.1. The highest BCUT2D eigenvalue weighted by Gasteiger charge is 2.30. The monoisotopic (exact) mass is 366 g/mol. The van der Waals surface area contributed by atoms with Crippen LogP contribution in [0.3, 0.4) is 0 Å². The van der Waals surface area contributed by atoms with Crippen molar-refractivity contribution in [2.24, 2.45) is 10.2 Å². The van der Waals surface area contributed by atoms with E-state index in [0.717, 1.165) is 16.8 Å². The highest BCUT2D eigenvalue weighted by molar-refractivity contribution is 8.15. The molecule has 1 unspecified atom stereocenters. The minimum absolute atomic E-state index is 0.0140. The summed E-state index contributed by atoms with van der Waals surface area (Å²) >= 11 is 1.43. The van der Waals surface area contributed by atoms with E-state index < -0.39 is 0 Å². The maximum absolute atomic E-state index is 12.1. The van der Waals surface area contributed by atoms with Crippen molar-refractivity contribution in [2.75, 3.05) is 19.0 Å². The number of carbonyl (C=O) groups excluding carboxylic acids is 1. The van der Waals surface area contributed by atoms with Gasteiger partial charge in [0.1, 0.15) is 0 Å². The fourth-order valence-electron chi connectivity index (χ4n) is 2.53. The highest BCUT2D eigenvalue weighted by Crippen LogP contribution is 2.23. The average molecular weight is 366 g/mol. The SMILES string of the molecule is Cc1ccc(CC2SC(=NN=Cc3ccc(N(C)C)cc3)NC2=O)cc1. The predicted octanol–water partition coefficient (Wildman–Crippen LogP) is 3.23. The van der Waals surface area contributed by atoms with Crippen molar-refractivity contribution in [1.29, 1.82) is 0 Å². The normalized spacial score (nSPS) is 18.5. The average Bonchev–Trinajstić information content (AvgIpc) is 2.97. The van der Waals surface area contributed by atoms with Gasteiger partial charge in [0.15, 0.2) is 5.17 Å². The van der Waals surface area contributed by atoms with Gasteiger partial charge in [0.25, 0.3) is 0 Å². The largest absolute Gasteiger partial charge is 0.378 e. The van der Waals surface area contributed by atoms with Crippen LogP contribution in [0.4, 0.5) is 5.69 Å². The molecule has 1 N–H and O–H groups in total.